The lowest BCUT2D eigenvalue weighted by atomic mass is 9.79. The van der Waals surface area contributed by atoms with Gasteiger partial charge in [0.05, 0.1) is 12.7 Å². The molecule has 0 aliphatic rings. The van der Waals surface area contributed by atoms with Crippen LogP contribution < -0.4 is 4.74 Å². The van der Waals surface area contributed by atoms with Crippen LogP contribution in [0.1, 0.15) is 38.3 Å². The molecule has 96 valence electrons. The maximum atomic E-state index is 13.0. The van der Waals surface area contributed by atoms with Gasteiger partial charge in [-0.25, -0.2) is 0 Å². The Labute approximate surface area is 99.6 Å². The molecule has 0 amide bonds. The van der Waals surface area contributed by atoms with E-state index in [0.29, 0.717) is 12.0 Å². The molecule has 1 aromatic rings. The highest BCUT2D eigenvalue weighted by molar-refractivity contribution is 5.41. The molecule has 0 heterocycles. The third-order valence-corrected chi connectivity index (χ3v) is 3.15. The molecular formula is C13H17F3O. The fourth-order valence-corrected chi connectivity index (χ4v) is 1.67. The van der Waals surface area contributed by atoms with E-state index in [4.69, 9.17) is 4.74 Å². The second-order valence-electron chi connectivity index (χ2n) is 4.65. The van der Waals surface area contributed by atoms with Gasteiger partial charge in [0.15, 0.2) is 0 Å². The quantitative estimate of drug-likeness (QED) is 0.768. The van der Waals surface area contributed by atoms with Crippen molar-refractivity contribution in [3.05, 3.63) is 29.3 Å². The average Bonchev–Trinajstić information content (AvgIpc) is 2.27. The van der Waals surface area contributed by atoms with Gasteiger partial charge in [0.1, 0.15) is 5.75 Å². The normalized spacial score (nSPS) is 12.6. The molecule has 0 fully saturated rings. The second kappa shape index (κ2) is 4.59. The van der Waals surface area contributed by atoms with E-state index in [0.717, 1.165) is 6.07 Å². The minimum absolute atomic E-state index is 0.230. The van der Waals surface area contributed by atoms with Crippen molar-refractivity contribution in [3.63, 3.8) is 0 Å². The largest absolute Gasteiger partial charge is 0.497 e. The molecule has 0 atom stereocenters. The topological polar surface area (TPSA) is 9.23 Å². The summed E-state index contributed by atoms with van der Waals surface area (Å²) in [6, 6.07) is 4.14. The number of halogens is 3. The van der Waals surface area contributed by atoms with E-state index in [2.05, 4.69) is 0 Å². The highest BCUT2D eigenvalue weighted by atomic mass is 19.4. The van der Waals surface area contributed by atoms with E-state index in [1.165, 1.54) is 13.2 Å². The highest BCUT2D eigenvalue weighted by Crippen LogP contribution is 2.40. The summed E-state index contributed by atoms with van der Waals surface area (Å²) in [4.78, 5) is 0. The maximum Gasteiger partial charge on any atom is 0.416 e. The third-order valence-electron chi connectivity index (χ3n) is 3.15. The van der Waals surface area contributed by atoms with Crippen molar-refractivity contribution < 1.29 is 17.9 Å². The van der Waals surface area contributed by atoms with E-state index < -0.39 is 17.2 Å². The molecule has 0 bridgehead atoms. The van der Waals surface area contributed by atoms with Crippen LogP contribution in [0.4, 0.5) is 13.2 Å². The molecule has 0 unspecified atom stereocenters. The van der Waals surface area contributed by atoms with Crippen LogP contribution in [0.25, 0.3) is 0 Å². The van der Waals surface area contributed by atoms with Gasteiger partial charge < -0.3 is 4.74 Å². The number of ether oxygens (including phenoxy) is 1. The summed E-state index contributed by atoms with van der Waals surface area (Å²) in [7, 11) is 1.36. The van der Waals surface area contributed by atoms with E-state index in [9.17, 15) is 13.2 Å². The summed E-state index contributed by atoms with van der Waals surface area (Å²) in [5.41, 5.74) is -0.797. The van der Waals surface area contributed by atoms with Crippen LogP contribution in [0.3, 0.4) is 0 Å². The van der Waals surface area contributed by atoms with Gasteiger partial charge in [-0.2, -0.15) is 13.2 Å². The molecule has 0 radical (unpaired) electrons. The van der Waals surface area contributed by atoms with Crippen LogP contribution in [0.5, 0.6) is 5.75 Å². The van der Waals surface area contributed by atoms with Crippen molar-refractivity contribution in [2.75, 3.05) is 7.11 Å². The number of benzene rings is 1. The van der Waals surface area contributed by atoms with Crippen LogP contribution in [0.15, 0.2) is 18.2 Å². The van der Waals surface area contributed by atoms with Crippen LogP contribution in [0, 0.1) is 0 Å². The van der Waals surface area contributed by atoms with Crippen molar-refractivity contribution >= 4 is 0 Å². The van der Waals surface area contributed by atoms with Gasteiger partial charge in [0, 0.05) is 0 Å². The summed E-state index contributed by atoms with van der Waals surface area (Å²) in [5, 5.41) is 0. The molecule has 0 aromatic heterocycles. The monoisotopic (exact) mass is 246 g/mol. The fraction of sp³-hybridized carbons (Fsp3) is 0.538. The summed E-state index contributed by atoms with van der Waals surface area (Å²) in [6.07, 6.45) is -3.71. The lowest BCUT2D eigenvalue weighted by molar-refractivity contribution is -0.138. The third kappa shape index (κ3) is 2.93. The van der Waals surface area contributed by atoms with Gasteiger partial charge in [-0.1, -0.05) is 26.8 Å². The van der Waals surface area contributed by atoms with E-state index >= 15 is 0 Å². The zero-order valence-electron chi connectivity index (χ0n) is 10.5. The number of hydrogen-bond acceptors (Lipinski definition) is 1. The van der Waals surface area contributed by atoms with Crippen LogP contribution in [-0.2, 0) is 11.6 Å². The fourth-order valence-electron chi connectivity index (χ4n) is 1.67. The zero-order valence-corrected chi connectivity index (χ0v) is 10.5. The minimum Gasteiger partial charge on any atom is -0.497 e. The molecule has 0 saturated carbocycles. The van der Waals surface area contributed by atoms with Crippen LogP contribution >= 0.6 is 0 Å². The summed E-state index contributed by atoms with van der Waals surface area (Å²) < 4.78 is 43.8. The molecule has 0 N–H and O–H groups in total. The van der Waals surface area contributed by atoms with Crippen LogP contribution in [-0.4, -0.2) is 7.11 Å². The zero-order chi connectivity index (χ0) is 13.3. The molecule has 1 aromatic carbocycles. The lowest BCUT2D eigenvalue weighted by Gasteiger charge is -2.27. The SMILES string of the molecule is CCC(C)(C)c1ccc(OC)cc1C(F)(F)F. The first-order valence-corrected chi connectivity index (χ1v) is 5.48. The van der Waals surface area contributed by atoms with Crippen molar-refractivity contribution in [2.45, 2.75) is 38.8 Å². The summed E-state index contributed by atoms with van der Waals surface area (Å²) >= 11 is 0. The predicted octanol–water partition coefficient (Wildman–Crippen LogP) is 4.40. The van der Waals surface area contributed by atoms with E-state index in [-0.39, 0.29) is 5.75 Å². The van der Waals surface area contributed by atoms with E-state index in [1.54, 1.807) is 6.07 Å². The van der Waals surface area contributed by atoms with Crippen molar-refractivity contribution in [1.82, 2.24) is 0 Å². The Balaban J connectivity index is 3.41. The number of alkyl halides is 3. The number of methoxy groups -OCH3 is 1. The molecule has 17 heavy (non-hydrogen) atoms. The van der Waals surface area contributed by atoms with Gasteiger partial charge in [-0.3, -0.25) is 0 Å². The Bertz CT molecular complexity index is 394. The standard InChI is InChI=1S/C13H17F3O/c1-5-12(2,3)10-7-6-9(17-4)8-11(10)13(14,15)16/h6-8H,5H2,1-4H3. The van der Waals surface area contributed by atoms with Gasteiger partial charge >= 0.3 is 6.18 Å². The first-order valence-electron chi connectivity index (χ1n) is 5.48. The average molecular weight is 246 g/mol. The first-order chi connectivity index (χ1) is 7.72. The van der Waals surface area contributed by atoms with Crippen LogP contribution in [0.2, 0.25) is 0 Å². The second-order valence-corrected chi connectivity index (χ2v) is 4.65. The molecule has 1 rings (SSSR count). The summed E-state index contributed by atoms with van der Waals surface area (Å²) in [6.45, 7) is 5.50. The lowest BCUT2D eigenvalue weighted by Crippen LogP contribution is -2.22. The van der Waals surface area contributed by atoms with Gasteiger partial charge in [0.25, 0.3) is 0 Å². The number of hydrogen-bond donors (Lipinski definition) is 0. The summed E-state index contributed by atoms with van der Waals surface area (Å²) in [5.74, 6) is 0.230. The minimum atomic E-state index is -4.35. The Kier molecular flexibility index (Phi) is 3.74. The van der Waals surface area contributed by atoms with Gasteiger partial charge in [-0.15, -0.1) is 0 Å². The first kappa shape index (κ1) is 13.9. The number of rotatable bonds is 3. The molecule has 4 heteroatoms. The van der Waals surface area contributed by atoms with E-state index in [1.807, 2.05) is 20.8 Å². The van der Waals surface area contributed by atoms with Crippen molar-refractivity contribution in [3.8, 4) is 5.75 Å². The molecule has 0 aliphatic carbocycles. The highest BCUT2D eigenvalue weighted by Gasteiger charge is 2.37. The predicted molar refractivity (Wildman–Crippen MR) is 61.3 cm³/mol. The van der Waals surface area contributed by atoms with Crippen molar-refractivity contribution in [2.24, 2.45) is 0 Å². The Morgan fingerprint density at radius 3 is 2.12 bits per heavy atom. The Morgan fingerprint density at radius 1 is 1.12 bits per heavy atom. The molecule has 0 saturated heterocycles. The molecule has 1 nitrogen and oxygen atoms in total. The molecular weight excluding hydrogens is 229 g/mol. The van der Waals surface area contributed by atoms with Crippen molar-refractivity contribution in [1.29, 1.82) is 0 Å². The smallest absolute Gasteiger partial charge is 0.416 e. The Morgan fingerprint density at radius 2 is 1.71 bits per heavy atom. The maximum absolute atomic E-state index is 13.0. The van der Waals surface area contributed by atoms with Gasteiger partial charge in [0.2, 0.25) is 0 Å². The Hall–Kier alpha value is -1.19. The molecule has 0 spiro atoms. The van der Waals surface area contributed by atoms with Gasteiger partial charge in [-0.05, 0) is 29.5 Å². The molecule has 0 aliphatic heterocycles.